The van der Waals surface area contributed by atoms with Crippen LogP contribution in [0.15, 0.2) is 4.52 Å². The minimum Gasteiger partial charge on any atom is -0.343 e. The highest BCUT2D eigenvalue weighted by Gasteiger charge is 2.44. The van der Waals surface area contributed by atoms with Crippen LogP contribution in [-0.4, -0.2) is 34.0 Å². The summed E-state index contributed by atoms with van der Waals surface area (Å²) >= 11 is 0. The van der Waals surface area contributed by atoms with Crippen LogP contribution in [0, 0.1) is 12.8 Å². The standard InChI is InChI=1S/C15H23N3O2/c1-3-13(19)18-8-6-15(7-9-18,10-12-4-5-12)14-16-11(2)20-17-14/h12H,3-10H2,1-2H3. The molecule has 5 heteroatoms. The Balaban J connectivity index is 1.76. The van der Waals surface area contributed by atoms with Gasteiger partial charge in [0.15, 0.2) is 5.82 Å². The van der Waals surface area contributed by atoms with Crippen molar-refractivity contribution in [1.82, 2.24) is 15.0 Å². The second-order valence-corrected chi connectivity index (χ2v) is 6.30. The molecule has 0 unspecified atom stereocenters. The predicted octanol–water partition coefficient (Wildman–Crippen LogP) is 2.45. The first-order valence-electron chi connectivity index (χ1n) is 7.71. The summed E-state index contributed by atoms with van der Waals surface area (Å²) in [6.07, 6.45) is 6.34. The molecule has 1 aromatic heterocycles. The zero-order valence-corrected chi connectivity index (χ0v) is 12.4. The van der Waals surface area contributed by atoms with Crippen molar-refractivity contribution in [2.75, 3.05) is 13.1 Å². The van der Waals surface area contributed by atoms with Crippen LogP contribution in [0.1, 0.15) is 57.2 Å². The average Bonchev–Trinajstić information content (AvgIpc) is 3.16. The van der Waals surface area contributed by atoms with E-state index in [0.717, 1.165) is 44.1 Å². The molecule has 0 atom stereocenters. The van der Waals surface area contributed by atoms with Crippen molar-refractivity contribution >= 4 is 5.91 Å². The van der Waals surface area contributed by atoms with Gasteiger partial charge in [0.1, 0.15) is 0 Å². The molecule has 5 nitrogen and oxygen atoms in total. The number of amides is 1. The number of rotatable bonds is 4. The lowest BCUT2D eigenvalue weighted by Gasteiger charge is -2.40. The van der Waals surface area contributed by atoms with Crippen molar-refractivity contribution in [3.8, 4) is 0 Å². The average molecular weight is 277 g/mol. The number of nitrogens with zero attached hydrogens (tertiary/aromatic N) is 3. The first-order chi connectivity index (χ1) is 9.63. The molecular formula is C15H23N3O2. The zero-order chi connectivity index (χ0) is 14.2. The molecule has 2 heterocycles. The van der Waals surface area contributed by atoms with Gasteiger partial charge in [0, 0.05) is 31.8 Å². The number of hydrogen-bond acceptors (Lipinski definition) is 4. The second-order valence-electron chi connectivity index (χ2n) is 6.30. The molecule has 1 saturated heterocycles. The number of aromatic nitrogens is 2. The topological polar surface area (TPSA) is 59.2 Å². The molecule has 3 rings (SSSR count). The summed E-state index contributed by atoms with van der Waals surface area (Å²) in [7, 11) is 0. The van der Waals surface area contributed by atoms with Crippen LogP contribution in [0.2, 0.25) is 0 Å². The molecule has 2 fully saturated rings. The molecule has 1 aliphatic carbocycles. The summed E-state index contributed by atoms with van der Waals surface area (Å²) in [4.78, 5) is 18.3. The Kier molecular flexibility index (Phi) is 3.52. The quantitative estimate of drug-likeness (QED) is 0.848. The third kappa shape index (κ3) is 2.58. The van der Waals surface area contributed by atoms with Gasteiger partial charge in [-0.05, 0) is 25.2 Å². The first kappa shape index (κ1) is 13.6. The summed E-state index contributed by atoms with van der Waals surface area (Å²) in [5.41, 5.74) is 0.0312. The summed E-state index contributed by atoms with van der Waals surface area (Å²) < 4.78 is 5.20. The molecule has 2 aliphatic rings. The van der Waals surface area contributed by atoms with Gasteiger partial charge in [-0.25, -0.2) is 0 Å². The Bertz CT molecular complexity index is 485. The third-order valence-corrected chi connectivity index (χ3v) is 4.75. The third-order valence-electron chi connectivity index (χ3n) is 4.75. The number of carbonyl (C=O) groups is 1. The lowest BCUT2D eigenvalue weighted by atomic mass is 9.73. The van der Waals surface area contributed by atoms with E-state index in [0.29, 0.717) is 12.3 Å². The maximum Gasteiger partial charge on any atom is 0.223 e. The fourth-order valence-electron chi connectivity index (χ4n) is 3.32. The van der Waals surface area contributed by atoms with E-state index in [9.17, 15) is 4.79 Å². The Morgan fingerprint density at radius 2 is 2.10 bits per heavy atom. The summed E-state index contributed by atoms with van der Waals surface area (Å²) in [5.74, 6) is 2.59. The molecule has 1 aliphatic heterocycles. The normalized spacial score (nSPS) is 22.0. The number of hydrogen-bond donors (Lipinski definition) is 0. The Hall–Kier alpha value is -1.39. The number of aryl methyl sites for hydroxylation is 1. The minimum absolute atomic E-state index is 0.0312. The van der Waals surface area contributed by atoms with E-state index in [-0.39, 0.29) is 11.3 Å². The highest BCUT2D eigenvalue weighted by Crippen LogP contribution is 2.46. The van der Waals surface area contributed by atoms with Gasteiger partial charge in [0.25, 0.3) is 0 Å². The van der Waals surface area contributed by atoms with Gasteiger partial charge >= 0.3 is 0 Å². The van der Waals surface area contributed by atoms with Crippen LogP contribution in [0.25, 0.3) is 0 Å². The van der Waals surface area contributed by atoms with Gasteiger partial charge in [0.2, 0.25) is 11.8 Å². The molecule has 1 aromatic rings. The largest absolute Gasteiger partial charge is 0.343 e. The van der Waals surface area contributed by atoms with E-state index < -0.39 is 0 Å². The molecule has 1 amide bonds. The van der Waals surface area contributed by atoms with Crippen molar-refractivity contribution in [3.63, 3.8) is 0 Å². The molecule has 0 radical (unpaired) electrons. The Labute approximate surface area is 119 Å². The number of piperidine rings is 1. The molecule has 0 bridgehead atoms. The Morgan fingerprint density at radius 1 is 1.40 bits per heavy atom. The molecule has 0 spiro atoms. The van der Waals surface area contributed by atoms with Crippen LogP contribution in [0.4, 0.5) is 0 Å². The van der Waals surface area contributed by atoms with Crippen molar-refractivity contribution in [3.05, 3.63) is 11.7 Å². The van der Waals surface area contributed by atoms with Gasteiger partial charge in [-0.3, -0.25) is 4.79 Å². The minimum atomic E-state index is 0.0312. The second kappa shape index (κ2) is 5.19. The predicted molar refractivity (Wildman–Crippen MR) is 74.2 cm³/mol. The van der Waals surface area contributed by atoms with Crippen molar-refractivity contribution in [1.29, 1.82) is 0 Å². The molecule has 20 heavy (non-hydrogen) atoms. The Morgan fingerprint density at radius 3 is 2.60 bits per heavy atom. The van der Waals surface area contributed by atoms with Crippen molar-refractivity contribution in [2.45, 2.75) is 57.8 Å². The smallest absolute Gasteiger partial charge is 0.223 e. The molecule has 110 valence electrons. The maximum atomic E-state index is 11.8. The maximum absolute atomic E-state index is 11.8. The summed E-state index contributed by atoms with van der Waals surface area (Å²) in [6, 6.07) is 0. The highest BCUT2D eigenvalue weighted by molar-refractivity contribution is 5.75. The van der Waals surface area contributed by atoms with Gasteiger partial charge in [-0.1, -0.05) is 24.9 Å². The number of carbonyl (C=O) groups excluding carboxylic acids is 1. The SMILES string of the molecule is CCC(=O)N1CCC(CC2CC2)(c2noc(C)n2)CC1. The summed E-state index contributed by atoms with van der Waals surface area (Å²) in [5, 5.41) is 4.19. The molecule has 0 N–H and O–H groups in total. The monoisotopic (exact) mass is 277 g/mol. The van der Waals surface area contributed by atoms with Crippen LogP contribution < -0.4 is 0 Å². The highest BCUT2D eigenvalue weighted by atomic mass is 16.5. The van der Waals surface area contributed by atoms with Crippen LogP contribution in [0.3, 0.4) is 0 Å². The van der Waals surface area contributed by atoms with Gasteiger partial charge in [-0.2, -0.15) is 4.98 Å². The molecule has 1 saturated carbocycles. The van der Waals surface area contributed by atoms with E-state index in [1.165, 1.54) is 12.8 Å². The van der Waals surface area contributed by atoms with Gasteiger partial charge in [0.05, 0.1) is 0 Å². The van der Waals surface area contributed by atoms with E-state index in [1.54, 1.807) is 0 Å². The summed E-state index contributed by atoms with van der Waals surface area (Å²) in [6.45, 7) is 5.42. The van der Waals surface area contributed by atoms with Crippen LogP contribution >= 0.6 is 0 Å². The van der Waals surface area contributed by atoms with E-state index >= 15 is 0 Å². The van der Waals surface area contributed by atoms with E-state index in [4.69, 9.17) is 4.52 Å². The lowest BCUT2D eigenvalue weighted by Crippen LogP contribution is -2.45. The lowest BCUT2D eigenvalue weighted by molar-refractivity contribution is -0.132. The van der Waals surface area contributed by atoms with Crippen molar-refractivity contribution in [2.24, 2.45) is 5.92 Å². The van der Waals surface area contributed by atoms with E-state index in [2.05, 4.69) is 10.1 Å². The molecular weight excluding hydrogens is 254 g/mol. The van der Waals surface area contributed by atoms with Crippen LogP contribution in [0.5, 0.6) is 0 Å². The zero-order valence-electron chi connectivity index (χ0n) is 12.4. The molecule has 0 aromatic carbocycles. The van der Waals surface area contributed by atoms with Gasteiger partial charge in [-0.15, -0.1) is 0 Å². The first-order valence-corrected chi connectivity index (χ1v) is 7.71. The van der Waals surface area contributed by atoms with E-state index in [1.807, 2.05) is 18.7 Å². The number of likely N-dealkylation sites (tertiary alicyclic amines) is 1. The van der Waals surface area contributed by atoms with Gasteiger partial charge < -0.3 is 9.42 Å². The van der Waals surface area contributed by atoms with Crippen molar-refractivity contribution < 1.29 is 9.32 Å². The van der Waals surface area contributed by atoms with Crippen LogP contribution in [-0.2, 0) is 10.2 Å². The fourth-order valence-corrected chi connectivity index (χ4v) is 3.32. The fraction of sp³-hybridized carbons (Fsp3) is 0.800.